The molecule has 7 heteroatoms. The summed E-state index contributed by atoms with van der Waals surface area (Å²) in [4.78, 5) is 20.9. The average molecular weight is 439 g/mol. The van der Waals surface area contributed by atoms with Gasteiger partial charge in [0.1, 0.15) is 5.82 Å². The number of carbonyl (C=O) groups excluding carboxylic acids is 1. The molecule has 5 rings (SSSR count). The van der Waals surface area contributed by atoms with E-state index in [1.165, 1.54) is 44.8 Å². The monoisotopic (exact) mass is 438 g/mol. The number of piperidine rings is 1. The van der Waals surface area contributed by atoms with E-state index in [0.29, 0.717) is 21.6 Å². The van der Waals surface area contributed by atoms with E-state index in [2.05, 4.69) is 10.2 Å². The minimum absolute atomic E-state index is 0.211. The van der Waals surface area contributed by atoms with Crippen LogP contribution >= 0.6 is 0 Å². The lowest BCUT2D eigenvalue weighted by atomic mass is 9.93. The molecule has 6 nitrogen and oxygen atoms in total. The molecule has 2 N–H and O–H groups in total. The number of nitrogens with zero attached hydrogens (tertiary/aromatic N) is 2. The third-order valence-electron chi connectivity index (χ3n) is 6.99. The van der Waals surface area contributed by atoms with Gasteiger partial charge in [0.05, 0.1) is 15.3 Å². The first-order valence-corrected chi connectivity index (χ1v) is 13.2. The minimum Gasteiger partial charge on any atom is -0.356 e. The summed E-state index contributed by atoms with van der Waals surface area (Å²) in [6.45, 7) is 1.90. The van der Waals surface area contributed by atoms with Gasteiger partial charge in [-0.05, 0) is 86.6 Å². The minimum atomic E-state index is -2.84. The topological polar surface area (TPSA) is 86.2 Å². The maximum absolute atomic E-state index is 13.2. The molecule has 1 atom stereocenters. The van der Waals surface area contributed by atoms with Crippen molar-refractivity contribution in [3.63, 3.8) is 0 Å². The van der Waals surface area contributed by atoms with Crippen molar-refractivity contribution in [1.82, 2.24) is 4.98 Å². The molecule has 0 bridgehead atoms. The van der Waals surface area contributed by atoms with Crippen LogP contribution in [0.3, 0.4) is 0 Å². The van der Waals surface area contributed by atoms with Crippen molar-refractivity contribution in [2.75, 3.05) is 29.6 Å². The van der Waals surface area contributed by atoms with Gasteiger partial charge in [0.25, 0.3) is 5.91 Å². The van der Waals surface area contributed by atoms with Crippen LogP contribution in [0.25, 0.3) is 0 Å². The fraction of sp³-hybridized carbons (Fsp3) is 0.500. The lowest BCUT2D eigenvalue weighted by Crippen LogP contribution is -2.36. The van der Waals surface area contributed by atoms with E-state index >= 15 is 0 Å². The Labute approximate surface area is 184 Å². The molecule has 1 spiro atoms. The fourth-order valence-corrected chi connectivity index (χ4v) is 5.21. The van der Waals surface area contributed by atoms with Crippen LogP contribution in [0.2, 0.25) is 0 Å². The molecule has 2 aliphatic carbocycles. The number of anilines is 2. The highest BCUT2D eigenvalue weighted by atomic mass is 32.2. The summed E-state index contributed by atoms with van der Waals surface area (Å²) in [7, 11) is -2.84. The first-order chi connectivity index (χ1) is 14.8. The Morgan fingerprint density at radius 2 is 1.94 bits per heavy atom. The third-order valence-corrected chi connectivity index (χ3v) is 8.15. The first-order valence-electron chi connectivity index (χ1n) is 11.2. The molecular weight excluding hydrogens is 408 g/mol. The van der Waals surface area contributed by atoms with Crippen LogP contribution in [0.5, 0.6) is 0 Å². The van der Waals surface area contributed by atoms with Gasteiger partial charge in [-0.1, -0.05) is 6.07 Å². The van der Waals surface area contributed by atoms with Gasteiger partial charge in [0, 0.05) is 35.6 Å². The van der Waals surface area contributed by atoms with Gasteiger partial charge in [0.15, 0.2) is 0 Å². The summed E-state index contributed by atoms with van der Waals surface area (Å²) in [6, 6.07) is 10.7. The normalized spacial score (nSPS) is 21.5. The Morgan fingerprint density at radius 3 is 2.58 bits per heavy atom. The number of hydrogen-bond donors (Lipinski definition) is 2. The molecule has 2 aromatic rings. The zero-order valence-electron chi connectivity index (χ0n) is 18.0. The van der Waals surface area contributed by atoms with Crippen molar-refractivity contribution >= 4 is 27.1 Å². The van der Waals surface area contributed by atoms with E-state index in [4.69, 9.17) is 9.76 Å². The average Bonchev–Trinajstić information content (AvgIpc) is 3.67. The van der Waals surface area contributed by atoms with Gasteiger partial charge in [-0.2, -0.15) is 0 Å². The van der Waals surface area contributed by atoms with Crippen LogP contribution in [0.1, 0.15) is 54.6 Å². The van der Waals surface area contributed by atoms with Crippen molar-refractivity contribution in [1.29, 1.82) is 4.78 Å². The summed E-state index contributed by atoms with van der Waals surface area (Å²) in [5, 5.41) is 2.94. The third kappa shape index (κ3) is 4.61. The number of amides is 1. The van der Waals surface area contributed by atoms with E-state index in [9.17, 15) is 9.00 Å². The lowest BCUT2D eigenvalue weighted by Gasteiger charge is -2.34. The van der Waals surface area contributed by atoms with Crippen LogP contribution in [0, 0.1) is 16.1 Å². The zero-order valence-corrected chi connectivity index (χ0v) is 18.8. The highest BCUT2D eigenvalue weighted by Gasteiger charge is 2.45. The molecule has 164 valence electrons. The number of pyridine rings is 1. The molecule has 3 fully saturated rings. The van der Waals surface area contributed by atoms with Gasteiger partial charge in [-0.15, -0.1) is 0 Å². The predicted octanol–water partition coefficient (Wildman–Crippen LogP) is 4.70. The van der Waals surface area contributed by atoms with E-state index in [0.717, 1.165) is 36.9 Å². The van der Waals surface area contributed by atoms with Gasteiger partial charge in [-0.3, -0.25) is 4.79 Å². The summed E-state index contributed by atoms with van der Waals surface area (Å²) in [5.74, 6) is 1.33. The van der Waals surface area contributed by atoms with E-state index in [1.54, 1.807) is 24.3 Å². The van der Waals surface area contributed by atoms with Crippen molar-refractivity contribution in [3.05, 3.63) is 47.7 Å². The SMILES string of the molecule is CS(=N)(=O)c1cccc(NC(=O)c2ccc(CC3CC3)nc2N2CCC3(CC2)CC3)c1. The summed E-state index contributed by atoms with van der Waals surface area (Å²) >= 11 is 0. The smallest absolute Gasteiger partial charge is 0.259 e. The number of nitrogens with one attached hydrogen (secondary N) is 2. The zero-order chi connectivity index (χ0) is 21.6. The Kier molecular flexibility index (Phi) is 5.04. The molecule has 1 amide bonds. The maximum atomic E-state index is 13.2. The second-order valence-corrected chi connectivity index (χ2v) is 11.8. The molecule has 1 aromatic carbocycles. The summed E-state index contributed by atoms with van der Waals surface area (Å²) < 4.78 is 19.9. The highest BCUT2D eigenvalue weighted by molar-refractivity contribution is 7.91. The standard InChI is InChI=1S/C24H30N4O2S/c1-31(25,30)20-4-2-3-18(16-20)27-23(29)21-8-7-19(15-17-5-6-17)26-22(21)28-13-11-24(9-10-24)12-14-28/h2-4,7-8,16-17,25H,5-6,9-15H2,1H3,(H,27,29). The lowest BCUT2D eigenvalue weighted by molar-refractivity contribution is 0.102. The molecule has 31 heavy (non-hydrogen) atoms. The predicted molar refractivity (Wildman–Crippen MR) is 123 cm³/mol. The quantitative estimate of drug-likeness (QED) is 0.684. The molecule has 2 heterocycles. The molecule has 1 aromatic heterocycles. The fourth-order valence-electron chi connectivity index (χ4n) is 4.52. The Balaban J connectivity index is 1.41. The number of carbonyl (C=O) groups is 1. The van der Waals surface area contributed by atoms with E-state index in [1.807, 2.05) is 12.1 Å². The van der Waals surface area contributed by atoms with Crippen molar-refractivity contribution in [3.8, 4) is 0 Å². The molecule has 1 aliphatic heterocycles. The molecular formula is C24H30N4O2S. The van der Waals surface area contributed by atoms with Crippen molar-refractivity contribution < 1.29 is 9.00 Å². The number of aromatic nitrogens is 1. The van der Waals surface area contributed by atoms with Gasteiger partial charge < -0.3 is 10.2 Å². The van der Waals surface area contributed by atoms with E-state index < -0.39 is 9.73 Å². The second-order valence-electron chi connectivity index (χ2n) is 9.63. The van der Waals surface area contributed by atoms with Crippen molar-refractivity contribution in [2.24, 2.45) is 11.3 Å². The molecule has 1 unspecified atom stereocenters. The largest absolute Gasteiger partial charge is 0.356 e. The summed E-state index contributed by atoms with van der Waals surface area (Å²) in [6.07, 6.45) is 9.97. The van der Waals surface area contributed by atoms with Crippen LogP contribution in [0.4, 0.5) is 11.5 Å². The molecule has 1 saturated heterocycles. The van der Waals surface area contributed by atoms with Gasteiger partial charge in [-0.25, -0.2) is 14.0 Å². The van der Waals surface area contributed by atoms with Crippen LogP contribution in [-0.4, -0.2) is 34.4 Å². The number of benzene rings is 1. The highest BCUT2D eigenvalue weighted by Crippen LogP contribution is 2.54. The van der Waals surface area contributed by atoms with Gasteiger partial charge >= 0.3 is 0 Å². The number of rotatable bonds is 6. The molecule has 2 saturated carbocycles. The van der Waals surface area contributed by atoms with Crippen LogP contribution < -0.4 is 10.2 Å². The molecule has 0 radical (unpaired) electrons. The summed E-state index contributed by atoms with van der Waals surface area (Å²) in [5.41, 5.74) is 2.77. The maximum Gasteiger partial charge on any atom is 0.259 e. The Hall–Kier alpha value is -2.41. The second kappa shape index (κ2) is 7.62. The Bertz CT molecular complexity index is 1110. The van der Waals surface area contributed by atoms with Crippen LogP contribution in [0.15, 0.2) is 41.3 Å². The first kappa shape index (κ1) is 20.5. The van der Waals surface area contributed by atoms with Gasteiger partial charge in [0.2, 0.25) is 0 Å². The van der Waals surface area contributed by atoms with Crippen LogP contribution in [-0.2, 0) is 16.1 Å². The van der Waals surface area contributed by atoms with E-state index in [-0.39, 0.29) is 5.91 Å². The number of hydrogen-bond acceptors (Lipinski definition) is 5. The Morgan fingerprint density at radius 1 is 1.19 bits per heavy atom. The van der Waals surface area contributed by atoms with Crippen molar-refractivity contribution in [2.45, 2.75) is 49.8 Å². The molecule has 3 aliphatic rings.